The number of halogens is 1. The second-order valence-electron chi connectivity index (χ2n) is 4.36. The van der Waals surface area contributed by atoms with Crippen LogP contribution in [0.1, 0.15) is 16.1 Å². The first-order valence-corrected chi connectivity index (χ1v) is 6.72. The van der Waals surface area contributed by atoms with Gasteiger partial charge in [0.2, 0.25) is 0 Å². The molecule has 1 heterocycles. The summed E-state index contributed by atoms with van der Waals surface area (Å²) in [6.45, 7) is 0.189. The van der Waals surface area contributed by atoms with Crippen molar-refractivity contribution >= 4 is 23.4 Å². The summed E-state index contributed by atoms with van der Waals surface area (Å²) in [5.41, 5.74) is 6.49. The van der Waals surface area contributed by atoms with Crippen molar-refractivity contribution in [2.75, 3.05) is 20.0 Å². The number of hydrogen-bond donors (Lipinski definition) is 1. The molecule has 2 N–H and O–H groups in total. The van der Waals surface area contributed by atoms with Gasteiger partial charge in [0.05, 0.1) is 14.2 Å². The van der Waals surface area contributed by atoms with Crippen LogP contribution in [-0.4, -0.2) is 25.2 Å². The largest absolute Gasteiger partial charge is 0.493 e. The second kappa shape index (κ2) is 7.00. The molecule has 0 aliphatic carbocycles. The topological polar surface area (TPSA) is 83.7 Å². The van der Waals surface area contributed by atoms with E-state index >= 15 is 0 Å². The fourth-order valence-corrected chi connectivity index (χ4v) is 1.99. The average molecular weight is 323 g/mol. The van der Waals surface area contributed by atoms with Gasteiger partial charge in [-0.25, -0.2) is 9.78 Å². The van der Waals surface area contributed by atoms with Crippen LogP contribution in [0.4, 0.5) is 5.82 Å². The molecule has 1 aromatic carbocycles. The number of esters is 1. The van der Waals surface area contributed by atoms with Crippen LogP contribution in [0.3, 0.4) is 0 Å². The standard InChI is InChI=1S/C15H15ClN2O4/c1-20-13-7-10(16)3-4-12(13)22-8-9-5-11(15(19)21-2)18-14(17)6-9/h3-7H,8H2,1-2H3,(H2,17,18). The molecule has 6 nitrogen and oxygen atoms in total. The number of carbonyl (C=O) groups is 1. The van der Waals surface area contributed by atoms with Gasteiger partial charge >= 0.3 is 5.97 Å². The number of pyridine rings is 1. The summed E-state index contributed by atoms with van der Waals surface area (Å²) in [6.07, 6.45) is 0. The summed E-state index contributed by atoms with van der Waals surface area (Å²) in [4.78, 5) is 15.4. The number of rotatable bonds is 5. The Labute approximate surface area is 132 Å². The third-order valence-corrected chi connectivity index (χ3v) is 3.05. The normalized spacial score (nSPS) is 10.1. The zero-order chi connectivity index (χ0) is 16.1. The molecular weight excluding hydrogens is 308 g/mol. The van der Waals surface area contributed by atoms with E-state index in [-0.39, 0.29) is 18.1 Å². The number of benzene rings is 1. The van der Waals surface area contributed by atoms with Crippen molar-refractivity contribution in [3.63, 3.8) is 0 Å². The first-order chi connectivity index (χ1) is 10.5. The van der Waals surface area contributed by atoms with E-state index in [9.17, 15) is 4.79 Å². The predicted octanol–water partition coefficient (Wildman–Crippen LogP) is 2.69. The number of nitrogens with two attached hydrogens (primary N) is 1. The third-order valence-electron chi connectivity index (χ3n) is 2.82. The molecule has 0 amide bonds. The van der Waals surface area contributed by atoms with E-state index in [0.717, 1.165) is 0 Å². The monoisotopic (exact) mass is 322 g/mol. The predicted molar refractivity (Wildman–Crippen MR) is 82.3 cm³/mol. The number of anilines is 1. The van der Waals surface area contributed by atoms with Crippen LogP contribution < -0.4 is 15.2 Å². The number of methoxy groups -OCH3 is 2. The lowest BCUT2D eigenvalue weighted by Gasteiger charge is -2.11. The molecule has 2 rings (SSSR count). The smallest absolute Gasteiger partial charge is 0.356 e. The number of hydrogen-bond acceptors (Lipinski definition) is 6. The lowest BCUT2D eigenvalue weighted by atomic mass is 10.2. The van der Waals surface area contributed by atoms with Gasteiger partial charge in [-0.15, -0.1) is 0 Å². The molecule has 0 aliphatic rings. The van der Waals surface area contributed by atoms with Crippen LogP contribution in [0.2, 0.25) is 5.02 Å². The summed E-state index contributed by atoms with van der Waals surface area (Å²) in [5, 5.41) is 0.547. The Bertz CT molecular complexity index is 691. The molecule has 0 aliphatic heterocycles. The quantitative estimate of drug-likeness (QED) is 0.852. The highest BCUT2D eigenvalue weighted by Gasteiger charge is 2.11. The van der Waals surface area contributed by atoms with Gasteiger partial charge in [0.15, 0.2) is 17.2 Å². The van der Waals surface area contributed by atoms with E-state index < -0.39 is 5.97 Å². The van der Waals surface area contributed by atoms with E-state index in [0.29, 0.717) is 22.1 Å². The van der Waals surface area contributed by atoms with Gasteiger partial charge in [-0.1, -0.05) is 11.6 Å². The number of aromatic nitrogens is 1. The van der Waals surface area contributed by atoms with Crippen molar-refractivity contribution < 1.29 is 19.0 Å². The SMILES string of the molecule is COC(=O)c1cc(COc2ccc(Cl)cc2OC)cc(N)n1. The summed E-state index contributed by atoms with van der Waals surface area (Å²) in [7, 11) is 2.81. The minimum atomic E-state index is -0.558. The van der Waals surface area contributed by atoms with Crippen LogP contribution in [0.5, 0.6) is 11.5 Å². The summed E-state index contributed by atoms with van der Waals surface area (Å²) < 4.78 is 15.5. The molecule has 0 atom stereocenters. The van der Waals surface area contributed by atoms with E-state index in [2.05, 4.69) is 9.72 Å². The van der Waals surface area contributed by atoms with E-state index in [1.165, 1.54) is 14.2 Å². The van der Waals surface area contributed by atoms with Crippen LogP contribution in [-0.2, 0) is 11.3 Å². The molecule has 0 radical (unpaired) electrons. The summed E-state index contributed by atoms with van der Waals surface area (Å²) in [6, 6.07) is 8.23. The Kier molecular flexibility index (Phi) is 5.06. The fourth-order valence-electron chi connectivity index (χ4n) is 1.83. The highest BCUT2D eigenvalue weighted by molar-refractivity contribution is 6.30. The minimum Gasteiger partial charge on any atom is -0.493 e. The minimum absolute atomic E-state index is 0.129. The van der Waals surface area contributed by atoms with Gasteiger partial charge in [-0.05, 0) is 29.8 Å². The third kappa shape index (κ3) is 3.79. The van der Waals surface area contributed by atoms with Crippen LogP contribution in [0, 0.1) is 0 Å². The second-order valence-corrected chi connectivity index (χ2v) is 4.80. The zero-order valence-electron chi connectivity index (χ0n) is 12.1. The molecular formula is C15H15ClN2O4. The van der Waals surface area contributed by atoms with Crippen molar-refractivity contribution in [3.05, 3.63) is 46.6 Å². The Morgan fingerprint density at radius 3 is 2.68 bits per heavy atom. The first kappa shape index (κ1) is 15.9. The van der Waals surface area contributed by atoms with Crippen molar-refractivity contribution in [2.45, 2.75) is 6.61 Å². The zero-order valence-corrected chi connectivity index (χ0v) is 12.9. The van der Waals surface area contributed by atoms with Gasteiger partial charge in [-0.2, -0.15) is 0 Å². The summed E-state index contributed by atoms with van der Waals surface area (Å²) >= 11 is 5.89. The molecule has 7 heteroatoms. The number of ether oxygens (including phenoxy) is 3. The Morgan fingerprint density at radius 1 is 1.23 bits per heavy atom. The molecule has 116 valence electrons. The maximum Gasteiger partial charge on any atom is 0.356 e. The van der Waals surface area contributed by atoms with Crippen molar-refractivity contribution in [1.82, 2.24) is 4.98 Å². The van der Waals surface area contributed by atoms with E-state index in [1.54, 1.807) is 30.3 Å². The Morgan fingerprint density at radius 2 is 2.00 bits per heavy atom. The van der Waals surface area contributed by atoms with Crippen LogP contribution in [0.15, 0.2) is 30.3 Å². The Hall–Kier alpha value is -2.47. The average Bonchev–Trinajstić information content (AvgIpc) is 2.52. The van der Waals surface area contributed by atoms with Crippen LogP contribution >= 0.6 is 11.6 Å². The van der Waals surface area contributed by atoms with Crippen molar-refractivity contribution in [3.8, 4) is 11.5 Å². The molecule has 0 bridgehead atoms. The first-order valence-electron chi connectivity index (χ1n) is 6.34. The molecule has 0 fully saturated rings. The Balaban J connectivity index is 2.18. The van der Waals surface area contributed by atoms with Gasteiger partial charge < -0.3 is 19.9 Å². The lowest BCUT2D eigenvalue weighted by molar-refractivity contribution is 0.0594. The molecule has 0 unspecified atom stereocenters. The highest BCUT2D eigenvalue weighted by atomic mass is 35.5. The number of nitrogens with zero attached hydrogens (tertiary/aromatic N) is 1. The molecule has 0 spiro atoms. The summed E-state index contributed by atoms with van der Waals surface area (Å²) in [5.74, 6) is 0.701. The molecule has 2 aromatic rings. The highest BCUT2D eigenvalue weighted by Crippen LogP contribution is 2.30. The maximum absolute atomic E-state index is 11.5. The number of carbonyl (C=O) groups excluding carboxylic acids is 1. The van der Waals surface area contributed by atoms with E-state index in [1.807, 2.05) is 0 Å². The van der Waals surface area contributed by atoms with Gasteiger partial charge in [0.25, 0.3) is 0 Å². The van der Waals surface area contributed by atoms with Crippen molar-refractivity contribution in [2.24, 2.45) is 0 Å². The van der Waals surface area contributed by atoms with Gasteiger partial charge in [0, 0.05) is 11.1 Å². The lowest BCUT2D eigenvalue weighted by Crippen LogP contribution is -2.08. The molecule has 1 aromatic heterocycles. The fraction of sp³-hybridized carbons (Fsp3) is 0.200. The maximum atomic E-state index is 11.5. The van der Waals surface area contributed by atoms with E-state index in [4.69, 9.17) is 26.8 Å². The molecule has 0 saturated heterocycles. The number of nitrogen functional groups attached to an aromatic ring is 1. The van der Waals surface area contributed by atoms with Crippen molar-refractivity contribution in [1.29, 1.82) is 0 Å². The van der Waals surface area contributed by atoms with Gasteiger partial charge in [-0.3, -0.25) is 0 Å². The molecule has 22 heavy (non-hydrogen) atoms. The van der Waals surface area contributed by atoms with Gasteiger partial charge in [0.1, 0.15) is 12.4 Å². The molecule has 0 saturated carbocycles. The van der Waals surface area contributed by atoms with Crippen LogP contribution in [0.25, 0.3) is 0 Å².